The number of carbonyl (C=O) groups excluding carboxylic acids is 1. The molecular weight excluding hydrogens is 533 g/mol. The Bertz CT molecular complexity index is 1660. The van der Waals surface area contributed by atoms with Gasteiger partial charge in [-0.1, -0.05) is 22.9 Å². The van der Waals surface area contributed by atoms with Crippen LogP contribution >= 0.6 is 22.9 Å². The van der Waals surface area contributed by atoms with Gasteiger partial charge in [0.05, 0.1) is 28.0 Å². The molecular formula is C26H23ClFN5O4S. The lowest BCUT2D eigenvalue weighted by Crippen LogP contribution is -2.49. The van der Waals surface area contributed by atoms with E-state index < -0.39 is 17.2 Å². The van der Waals surface area contributed by atoms with Crippen molar-refractivity contribution in [3.63, 3.8) is 0 Å². The van der Waals surface area contributed by atoms with Crippen LogP contribution in [0.2, 0.25) is 5.02 Å². The zero-order valence-corrected chi connectivity index (χ0v) is 21.7. The van der Waals surface area contributed by atoms with Gasteiger partial charge in [0, 0.05) is 48.8 Å². The fourth-order valence-corrected chi connectivity index (χ4v) is 6.03. The Morgan fingerprint density at radius 3 is 2.63 bits per heavy atom. The summed E-state index contributed by atoms with van der Waals surface area (Å²) in [6.07, 6.45) is 3.15. The molecule has 0 atom stereocenters. The number of carboxylic acids is 1. The van der Waals surface area contributed by atoms with Crippen molar-refractivity contribution in [2.45, 2.75) is 18.9 Å². The van der Waals surface area contributed by atoms with E-state index in [0.717, 1.165) is 29.1 Å². The summed E-state index contributed by atoms with van der Waals surface area (Å²) >= 11 is 7.39. The number of aromatic carboxylic acids is 1. The summed E-state index contributed by atoms with van der Waals surface area (Å²) in [6, 6.07) is 8.29. The number of anilines is 2. The van der Waals surface area contributed by atoms with Gasteiger partial charge < -0.3 is 19.9 Å². The summed E-state index contributed by atoms with van der Waals surface area (Å²) < 4.78 is 17.9. The number of nitrogens with zero attached hydrogens (tertiary/aromatic N) is 4. The summed E-state index contributed by atoms with van der Waals surface area (Å²) in [5.41, 5.74) is 0.649. The van der Waals surface area contributed by atoms with Gasteiger partial charge in [-0.15, -0.1) is 0 Å². The molecule has 1 saturated heterocycles. The first-order chi connectivity index (χ1) is 18.3. The van der Waals surface area contributed by atoms with E-state index in [1.54, 1.807) is 16.7 Å². The fraction of sp³-hybridized carbons (Fsp3) is 0.308. The second-order valence-corrected chi connectivity index (χ2v) is 11.0. The molecule has 1 aliphatic heterocycles. The summed E-state index contributed by atoms with van der Waals surface area (Å²) in [7, 11) is 0. The number of fused-ring (bicyclic) bond motifs is 2. The van der Waals surface area contributed by atoms with E-state index in [-0.39, 0.29) is 29.4 Å². The van der Waals surface area contributed by atoms with Crippen LogP contribution in [0.25, 0.3) is 21.1 Å². The lowest BCUT2D eigenvalue weighted by Gasteiger charge is -2.36. The van der Waals surface area contributed by atoms with Crippen molar-refractivity contribution in [1.29, 1.82) is 0 Å². The SMILES string of the molecule is O=C(CN1CCN(c2cc3c(cc2F)c(=O)c(C(=O)O)cn3C2CC2)CC1)Nc1nc2ccc(Cl)cc2s1. The van der Waals surface area contributed by atoms with E-state index in [9.17, 15) is 19.5 Å². The van der Waals surface area contributed by atoms with Crippen molar-refractivity contribution < 1.29 is 19.1 Å². The Balaban J connectivity index is 1.15. The number of nitrogens with one attached hydrogen (secondary N) is 1. The Labute approximate surface area is 225 Å². The first kappa shape index (κ1) is 24.8. The van der Waals surface area contributed by atoms with E-state index in [1.165, 1.54) is 17.5 Å². The molecule has 2 aromatic carbocycles. The molecule has 2 aromatic heterocycles. The van der Waals surface area contributed by atoms with E-state index in [4.69, 9.17) is 11.6 Å². The minimum atomic E-state index is -1.32. The van der Waals surface area contributed by atoms with Crippen LogP contribution in [0.1, 0.15) is 29.2 Å². The zero-order chi connectivity index (χ0) is 26.6. The van der Waals surface area contributed by atoms with Crippen LogP contribution in [-0.2, 0) is 4.79 Å². The lowest BCUT2D eigenvalue weighted by atomic mass is 10.1. The maximum absolute atomic E-state index is 15.2. The highest BCUT2D eigenvalue weighted by Crippen LogP contribution is 2.38. The molecule has 12 heteroatoms. The first-order valence-electron chi connectivity index (χ1n) is 12.2. The molecule has 4 aromatic rings. The summed E-state index contributed by atoms with van der Waals surface area (Å²) in [4.78, 5) is 45.2. The molecule has 1 amide bonds. The average Bonchev–Trinajstić information content (AvgIpc) is 3.64. The zero-order valence-electron chi connectivity index (χ0n) is 20.1. The number of pyridine rings is 1. The van der Waals surface area contributed by atoms with Gasteiger partial charge in [-0.3, -0.25) is 14.5 Å². The standard InChI is InChI=1S/C26H23ClFN5O4S/c27-14-1-4-19-22(9-14)38-26(29-19)30-23(34)13-31-5-7-32(8-6-31)21-11-20-16(10-18(21)28)24(35)17(25(36)37)12-33(20)15-2-3-15/h1,4,9-12,15H,2-3,5-8,13H2,(H,36,37)(H,29,30,34). The van der Waals surface area contributed by atoms with Crippen molar-refractivity contribution >= 4 is 66.8 Å². The number of carboxylic acid groups (broad SMARTS) is 1. The Morgan fingerprint density at radius 1 is 1.16 bits per heavy atom. The average molecular weight is 556 g/mol. The number of aromatic nitrogens is 2. The van der Waals surface area contributed by atoms with Crippen molar-refractivity contribution in [3.8, 4) is 0 Å². The summed E-state index contributed by atoms with van der Waals surface area (Å²) in [6.45, 7) is 2.28. The van der Waals surface area contributed by atoms with Gasteiger partial charge in [0.25, 0.3) is 0 Å². The number of rotatable bonds is 6. The second-order valence-electron chi connectivity index (χ2n) is 9.58. The highest BCUT2D eigenvalue weighted by molar-refractivity contribution is 7.22. The molecule has 6 rings (SSSR count). The van der Waals surface area contributed by atoms with Gasteiger partial charge >= 0.3 is 5.97 Å². The normalized spacial score (nSPS) is 16.3. The molecule has 2 fully saturated rings. The van der Waals surface area contributed by atoms with Gasteiger partial charge in [0.15, 0.2) is 5.13 Å². The third kappa shape index (κ3) is 4.72. The number of thiazole rings is 1. The van der Waals surface area contributed by atoms with E-state index in [0.29, 0.717) is 47.5 Å². The predicted octanol–water partition coefficient (Wildman–Crippen LogP) is 4.20. The van der Waals surface area contributed by atoms with E-state index in [1.807, 2.05) is 21.9 Å². The van der Waals surface area contributed by atoms with Crippen molar-refractivity contribution in [2.24, 2.45) is 0 Å². The topological polar surface area (TPSA) is 108 Å². The summed E-state index contributed by atoms with van der Waals surface area (Å²) in [5, 5.41) is 13.5. The monoisotopic (exact) mass is 555 g/mol. The maximum Gasteiger partial charge on any atom is 0.341 e. The third-order valence-corrected chi connectivity index (χ3v) is 8.12. The van der Waals surface area contributed by atoms with Crippen LogP contribution in [0.4, 0.5) is 15.2 Å². The van der Waals surface area contributed by atoms with Crippen LogP contribution in [0.3, 0.4) is 0 Å². The van der Waals surface area contributed by atoms with Crippen molar-refractivity contribution in [1.82, 2.24) is 14.5 Å². The molecule has 0 spiro atoms. The minimum Gasteiger partial charge on any atom is -0.477 e. The van der Waals surface area contributed by atoms with Gasteiger partial charge in [-0.2, -0.15) is 0 Å². The van der Waals surface area contributed by atoms with E-state index in [2.05, 4.69) is 10.3 Å². The number of hydrogen-bond acceptors (Lipinski definition) is 7. The molecule has 3 heterocycles. The number of hydrogen-bond donors (Lipinski definition) is 2. The van der Waals surface area contributed by atoms with Crippen molar-refractivity contribution in [3.05, 3.63) is 63.2 Å². The number of amides is 1. The molecule has 2 aliphatic rings. The van der Waals surface area contributed by atoms with Crippen LogP contribution in [0.5, 0.6) is 0 Å². The number of benzene rings is 2. The van der Waals surface area contributed by atoms with Crippen LogP contribution in [0, 0.1) is 5.82 Å². The van der Waals surface area contributed by atoms with Gasteiger partial charge in [0.2, 0.25) is 11.3 Å². The van der Waals surface area contributed by atoms with E-state index >= 15 is 4.39 Å². The minimum absolute atomic E-state index is 0.0745. The van der Waals surface area contributed by atoms with Gasteiger partial charge in [0.1, 0.15) is 11.4 Å². The quantitative estimate of drug-likeness (QED) is 0.367. The number of piperazine rings is 1. The fourth-order valence-electron chi connectivity index (χ4n) is 4.87. The number of halogens is 2. The first-order valence-corrected chi connectivity index (χ1v) is 13.4. The van der Waals surface area contributed by atoms with Gasteiger partial charge in [-0.25, -0.2) is 14.2 Å². The second kappa shape index (κ2) is 9.64. The van der Waals surface area contributed by atoms with Crippen LogP contribution < -0.4 is 15.6 Å². The molecule has 2 N–H and O–H groups in total. The molecule has 0 radical (unpaired) electrons. The molecule has 1 saturated carbocycles. The maximum atomic E-state index is 15.2. The third-order valence-electron chi connectivity index (χ3n) is 6.95. The van der Waals surface area contributed by atoms with Gasteiger partial charge in [-0.05, 0) is 43.2 Å². The predicted molar refractivity (Wildman–Crippen MR) is 145 cm³/mol. The lowest BCUT2D eigenvalue weighted by molar-refractivity contribution is -0.117. The highest BCUT2D eigenvalue weighted by Gasteiger charge is 2.29. The smallest absolute Gasteiger partial charge is 0.341 e. The Morgan fingerprint density at radius 2 is 1.92 bits per heavy atom. The molecule has 0 unspecified atom stereocenters. The molecule has 9 nitrogen and oxygen atoms in total. The summed E-state index contributed by atoms with van der Waals surface area (Å²) in [5.74, 6) is -2.06. The Kier molecular flexibility index (Phi) is 6.29. The Hall–Kier alpha value is -3.54. The largest absolute Gasteiger partial charge is 0.477 e. The van der Waals surface area contributed by atoms with Crippen molar-refractivity contribution in [2.75, 3.05) is 42.9 Å². The molecule has 38 heavy (non-hydrogen) atoms. The van der Waals surface area contributed by atoms with Crippen LogP contribution in [0.15, 0.2) is 41.3 Å². The molecule has 0 bridgehead atoms. The van der Waals surface area contributed by atoms with Crippen LogP contribution in [-0.4, -0.2) is 64.2 Å². The number of carbonyl (C=O) groups is 2. The molecule has 196 valence electrons. The molecule has 1 aliphatic carbocycles. The highest BCUT2D eigenvalue weighted by atomic mass is 35.5.